The first kappa shape index (κ1) is 10.1. The average molecular weight is 224 g/mol. The number of hydrogen-bond donors (Lipinski definition) is 1. The summed E-state index contributed by atoms with van der Waals surface area (Å²) in [6.07, 6.45) is 0.622. The van der Waals surface area contributed by atoms with Crippen molar-refractivity contribution >= 4 is 11.6 Å². The van der Waals surface area contributed by atoms with Gasteiger partial charge in [0.15, 0.2) is 5.82 Å². The Bertz CT molecular complexity index is 438. The zero-order valence-electron chi connectivity index (χ0n) is 7.98. The first-order valence-corrected chi connectivity index (χ1v) is 4.96. The first-order valence-electron chi connectivity index (χ1n) is 4.58. The summed E-state index contributed by atoms with van der Waals surface area (Å²) < 4.78 is 5.08. The van der Waals surface area contributed by atoms with E-state index < -0.39 is 0 Å². The van der Waals surface area contributed by atoms with Gasteiger partial charge in [-0.15, -0.1) is 0 Å². The lowest BCUT2D eigenvalue weighted by molar-refractivity contribution is 0.422. The molecule has 2 rings (SSSR count). The van der Waals surface area contributed by atoms with E-state index in [2.05, 4.69) is 10.1 Å². The molecule has 0 saturated heterocycles. The lowest BCUT2D eigenvalue weighted by Crippen LogP contribution is -2.03. The SMILES string of the molecule is NCCc1noc(-c2ccc(Cl)cc2)n1. The molecule has 0 aliphatic heterocycles. The van der Waals surface area contributed by atoms with Gasteiger partial charge in [-0.25, -0.2) is 0 Å². The Morgan fingerprint density at radius 1 is 1.27 bits per heavy atom. The quantitative estimate of drug-likeness (QED) is 0.863. The Hall–Kier alpha value is -1.39. The highest BCUT2D eigenvalue weighted by Gasteiger charge is 2.07. The highest BCUT2D eigenvalue weighted by atomic mass is 35.5. The minimum absolute atomic E-state index is 0.495. The van der Waals surface area contributed by atoms with Crippen molar-refractivity contribution in [3.63, 3.8) is 0 Å². The number of halogens is 1. The van der Waals surface area contributed by atoms with E-state index in [0.29, 0.717) is 29.7 Å². The second-order valence-electron chi connectivity index (χ2n) is 3.06. The van der Waals surface area contributed by atoms with Crippen LogP contribution in [0.5, 0.6) is 0 Å². The van der Waals surface area contributed by atoms with Gasteiger partial charge in [-0.1, -0.05) is 16.8 Å². The molecule has 5 heteroatoms. The summed E-state index contributed by atoms with van der Waals surface area (Å²) in [5, 5.41) is 4.49. The summed E-state index contributed by atoms with van der Waals surface area (Å²) in [5.74, 6) is 1.12. The van der Waals surface area contributed by atoms with Crippen LogP contribution in [0.2, 0.25) is 5.02 Å². The summed E-state index contributed by atoms with van der Waals surface area (Å²) in [7, 11) is 0. The van der Waals surface area contributed by atoms with E-state index in [1.165, 1.54) is 0 Å². The van der Waals surface area contributed by atoms with Crippen LogP contribution in [0, 0.1) is 0 Å². The van der Waals surface area contributed by atoms with E-state index in [0.717, 1.165) is 5.56 Å². The third-order valence-corrected chi connectivity index (χ3v) is 2.18. The molecule has 0 radical (unpaired) electrons. The molecule has 2 N–H and O–H groups in total. The fourth-order valence-electron chi connectivity index (χ4n) is 1.19. The molecule has 1 aromatic heterocycles. The van der Waals surface area contributed by atoms with Crippen molar-refractivity contribution < 1.29 is 4.52 Å². The van der Waals surface area contributed by atoms with Gasteiger partial charge in [0, 0.05) is 17.0 Å². The molecule has 0 aliphatic carbocycles. The summed E-state index contributed by atoms with van der Waals surface area (Å²) in [6, 6.07) is 7.23. The predicted molar refractivity (Wildman–Crippen MR) is 57.5 cm³/mol. The van der Waals surface area contributed by atoms with Crippen LogP contribution in [0.4, 0.5) is 0 Å². The Kier molecular flexibility index (Phi) is 2.99. The maximum atomic E-state index is 5.77. The summed E-state index contributed by atoms with van der Waals surface area (Å²) in [5.41, 5.74) is 6.25. The Labute approximate surface area is 92.0 Å². The van der Waals surface area contributed by atoms with E-state index in [-0.39, 0.29) is 0 Å². The normalized spacial score (nSPS) is 10.5. The Balaban J connectivity index is 2.25. The summed E-state index contributed by atoms with van der Waals surface area (Å²) >= 11 is 5.77. The molecule has 0 amide bonds. The molecule has 0 unspecified atom stereocenters. The molecule has 78 valence electrons. The molecule has 0 fully saturated rings. The van der Waals surface area contributed by atoms with Gasteiger partial charge in [0.2, 0.25) is 0 Å². The van der Waals surface area contributed by atoms with E-state index in [9.17, 15) is 0 Å². The zero-order chi connectivity index (χ0) is 10.7. The highest BCUT2D eigenvalue weighted by molar-refractivity contribution is 6.30. The van der Waals surface area contributed by atoms with Gasteiger partial charge in [0.05, 0.1) is 0 Å². The fraction of sp³-hybridized carbons (Fsp3) is 0.200. The van der Waals surface area contributed by atoms with Gasteiger partial charge in [0.25, 0.3) is 5.89 Å². The maximum absolute atomic E-state index is 5.77. The molecular formula is C10H10ClN3O. The van der Waals surface area contributed by atoms with Gasteiger partial charge in [-0.05, 0) is 30.8 Å². The Morgan fingerprint density at radius 2 is 2.00 bits per heavy atom. The van der Waals surface area contributed by atoms with Crippen LogP contribution < -0.4 is 5.73 Å². The van der Waals surface area contributed by atoms with Gasteiger partial charge >= 0.3 is 0 Å². The van der Waals surface area contributed by atoms with Crippen LogP contribution >= 0.6 is 11.6 Å². The number of hydrogen-bond acceptors (Lipinski definition) is 4. The number of benzene rings is 1. The third-order valence-electron chi connectivity index (χ3n) is 1.93. The molecule has 0 bridgehead atoms. The molecule has 15 heavy (non-hydrogen) atoms. The largest absolute Gasteiger partial charge is 0.334 e. The van der Waals surface area contributed by atoms with Crippen molar-refractivity contribution in [3.05, 3.63) is 35.1 Å². The van der Waals surface area contributed by atoms with Crippen LogP contribution in [0.15, 0.2) is 28.8 Å². The van der Waals surface area contributed by atoms with E-state index in [4.69, 9.17) is 21.9 Å². The van der Waals surface area contributed by atoms with E-state index >= 15 is 0 Å². The molecule has 0 saturated carbocycles. The number of aromatic nitrogens is 2. The molecule has 0 atom stereocenters. The topological polar surface area (TPSA) is 64.9 Å². The maximum Gasteiger partial charge on any atom is 0.257 e. The molecule has 0 aliphatic rings. The molecule has 1 aromatic carbocycles. The summed E-state index contributed by atoms with van der Waals surface area (Å²) in [6.45, 7) is 0.513. The number of nitrogens with zero attached hydrogens (tertiary/aromatic N) is 2. The smallest absolute Gasteiger partial charge is 0.257 e. The molecule has 4 nitrogen and oxygen atoms in total. The van der Waals surface area contributed by atoms with Gasteiger partial charge in [0.1, 0.15) is 0 Å². The molecular weight excluding hydrogens is 214 g/mol. The van der Waals surface area contributed by atoms with Crippen molar-refractivity contribution in [1.82, 2.24) is 10.1 Å². The highest BCUT2D eigenvalue weighted by Crippen LogP contribution is 2.19. The summed E-state index contributed by atoms with van der Waals surface area (Å²) in [4.78, 5) is 4.20. The lowest BCUT2D eigenvalue weighted by Gasteiger charge is -1.92. The minimum Gasteiger partial charge on any atom is -0.334 e. The van der Waals surface area contributed by atoms with Crippen LogP contribution in [0.1, 0.15) is 5.82 Å². The lowest BCUT2D eigenvalue weighted by atomic mass is 10.2. The monoisotopic (exact) mass is 223 g/mol. The molecule has 1 heterocycles. The minimum atomic E-state index is 0.495. The third kappa shape index (κ3) is 2.34. The first-order chi connectivity index (χ1) is 7.29. The van der Waals surface area contributed by atoms with Gasteiger partial charge in [-0.2, -0.15) is 4.98 Å². The van der Waals surface area contributed by atoms with Crippen molar-refractivity contribution in [1.29, 1.82) is 0 Å². The second kappa shape index (κ2) is 4.42. The van der Waals surface area contributed by atoms with Crippen molar-refractivity contribution in [2.24, 2.45) is 5.73 Å². The number of nitrogens with two attached hydrogens (primary N) is 1. The average Bonchev–Trinajstić information content (AvgIpc) is 2.68. The van der Waals surface area contributed by atoms with E-state index in [1.54, 1.807) is 12.1 Å². The second-order valence-corrected chi connectivity index (χ2v) is 3.50. The number of rotatable bonds is 3. The van der Waals surface area contributed by atoms with Crippen LogP contribution in [-0.4, -0.2) is 16.7 Å². The molecule has 0 spiro atoms. The van der Waals surface area contributed by atoms with E-state index in [1.807, 2.05) is 12.1 Å². The Morgan fingerprint density at radius 3 is 2.67 bits per heavy atom. The molecule has 2 aromatic rings. The van der Waals surface area contributed by atoms with Crippen LogP contribution in [0.25, 0.3) is 11.5 Å². The van der Waals surface area contributed by atoms with Crippen LogP contribution in [-0.2, 0) is 6.42 Å². The van der Waals surface area contributed by atoms with Crippen LogP contribution in [0.3, 0.4) is 0 Å². The fourth-order valence-corrected chi connectivity index (χ4v) is 1.32. The standard InChI is InChI=1S/C10H10ClN3O/c11-8-3-1-7(2-4-8)10-13-9(5-6-12)14-15-10/h1-4H,5-6,12H2. The predicted octanol–water partition coefficient (Wildman–Crippen LogP) is 1.89. The van der Waals surface area contributed by atoms with Crippen molar-refractivity contribution in [2.45, 2.75) is 6.42 Å². The zero-order valence-corrected chi connectivity index (χ0v) is 8.74. The van der Waals surface area contributed by atoms with Crippen molar-refractivity contribution in [3.8, 4) is 11.5 Å². The van der Waals surface area contributed by atoms with Crippen molar-refractivity contribution in [2.75, 3.05) is 6.54 Å². The van der Waals surface area contributed by atoms with Gasteiger partial charge in [-0.3, -0.25) is 0 Å². The van der Waals surface area contributed by atoms with Gasteiger partial charge < -0.3 is 10.3 Å².